The molecule has 17 heteroatoms. The van der Waals surface area contributed by atoms with Crippen LogP contribution in [0.1, 0.15) is 32.1 Å². The normalized spacial score (nSPS) is 19.0. The van der Waals surface area contributed by atoms with Crippen molar-refractivity contribution >= 4 is 29.7 Å². The largest absolute Gasteiger partial charge is 0.420 e. The summed E-state index contributed by atoms with van der Waals surface area (Å²) in [7, 11) is 0. The van der Waals surface area contributed by atoms with Crippen molar-refractivity contribution in [3.05, 3.63) is 29.1 Å². The van der Waals surface area contributed by atoms with Gasteiger partial charge in [-0.3, -0.25) is 9.59 Å². The predicted molar refractivity (Wildman–Crippen MR) is 147 cm³/mol. The second kappa shape index (κ2) is 18.9. The number of ether oxygens (including phenoxy) is 5. The van der Waals surface area contributed by atoms with Crippen LogP contribution in [-0.2, 0) is 28.5 Å². The molecule has 248 valence electrons. The van der Waals surface area contributed by atoms with Crippen molar-refractivity contribution < 1.29 is 60.0 Å². The molecule has 0 radical (unpaired) electrons. The van der Waals surface area contributed by atoms with E-state index in [2.05, 4.69) is 20.7 Å². The molecule has 2 aliphatic heterocycles. The summed E-state index contributed by atoms with van der Waals surface area (Å²) in [6.45, 7) is 1.97. The summed E-state index contributed by atoms with van der Waals surface area (Å²) in [5.74, 6) is -13.3. The third-order valence-corrected chi connectivity index (χ3v) is 8.11. The number of hydrogen-bond donors (Lipinski definition) is 3. The van der Waals surface area contributed by atoms with Gasteiger partial charge >= 0.3 is 12.0 Å². The van der Waals surface area contributed by atoms with Crippen molar-refractivity contribution in [2.75, 3.05) is 65.2 Å². The number of carbonyl (C=O) groups excluding carboxylic acids is 3. The molecule has 0 saturated carbocycles. The van der Waals surface area contributed by atoms with Crippen LogP contribution < -0.4 is 20.7 Å². The molecule has 2 aliphatic rings. The molecule has 0 aromatic heterocycles. The molecule has 2 heterocycles. The molecule has 1 aromatic carbocycles. The van der Waals surface area contributed by atoms with Crippen molar-refractivity contribution in [2.24, 2.45) is 0 Å². The average Bonchev–Trinajstić information content (AvgIpc) is 3.56. The second-order valence-electron chi connectivity index (χ2n) is 9.79. The maximum Gasteiger partial charge on any atom is 0.315 e. The number of halogens is 5. The minimum absolute atomic E-state index is 0.0251. The number of benzene rings is 1. The zero-order chi connectivity index (χ0) is 31.9. The minimum atomic E-state index is -2.35. The van der Waals surface area contributed by atoms with Crippen LogP contribution in [0.4, 0.5) is 26.7 Å². The summed E-state index contributed by atoms with van der Waals surface area (Å²) >= 11 is 1.86. The highest BCUT2D eigenvalue weighted by Crippen LogP contribution is 2.33. The fraction of sp³-hybridized carbons (Fsp3) is 0.667. The number of fused-ring (bicyclic) bond motifs is 1. The van der Waals surface area contributed by atoms with E-state index >= 15 is 0 Å². The third-order valence-electron chi connectivity index (χ3n) is 6.60. The van der Waals surface area contributed by atoms with Gasteiger partial charge in [-0.15, -0.1) is 0 Å². The van der Waals surface area contributed by atoms with E-state index in [1.54, 1.807) is 0 Å². The van der Waals surface area contributed by atoms with Gasteiger partial charge in [0.25, 0.3) is 0 Å². The first kappa shape index (κ1) is 35.7. The zero-order valence-electron chi connectivity index (χ0n) is 23.9. The molecule has 0 unspecified atom stereocenters. The van der Waals surface area contributed by atoms with Crippen LogP contribution in [0.2, 0.25) is 0 Å². The van der Waals surface area contributed by atoms with Gasteiger partial charge in [-0.1, -0.05) is 6.42 Å². The molecule has 2 fully saturated rings. The first-order chi connectivity index (χ1) is 21.2. The van der Waals surface area contributed by atoms with E-state index in [-0.39, 0.29) is 57.1 Å². The second-order valence-corrected chi connectivity index (χ2v) is 11.1. The van der Waals surface area contributed by atoms with E-state index in [4.69, 9.17) is 18.9 Å². The Morgan fingerprint density at radius 3 is 1.95 bits per heavy atom. The fourth-order valence-corrected chi connectivity index (χ4v) is 5.93. The van der Waals surface area contributed by atoms with E-state index in [0.717, 1.165) is 25.0 Å². The topological polar surface area (TPSA) is 133 Å². The maximum absolute atomic E-state index is 13.5. The highest BCUT2D eigenvalue weighted by molar-refractivity contribution is 8.00. The van der Waals surface area contributed by atoms with Gasteiger partial charge in [0.05, 0.1) is 71.4 Å². The molecular formula is C27H36F5N3O8S. The molecule has 44 heavy (non-hydrogen) atoms. The van der Waals surface area contributed by atoms with E-state index in [9.17, 15) is 36.3 Å². The molecular weight excluding hydrogens is 621 g/mol. The van der Waals surface area contributed by atoms with E-state index in [0.29, 0.717) is 38.0 Å². The van der Waals surface area contributed by atoms with Crippen LogP contribution in [0.5, 0.6) is 5.75 Å². The standard InChI is InChI=1S/C27H36F5N3O8S/c28-20-21(29)23(31)26(24(32)22(20)30)43-19(37)5-7-39-9-11-41-13-14-42-12-10-40-8-6-33-18(36)4-2-1-3-17-25-16(15-44-17)34-27(38)35-25/h16-17,25H,1-15H2,(H,33,36)(H2,34,35,38)/t16-,17-,25+/m0/s1. The number of carbonyl (C=O) groups is 3. The summed E-state index contributed by atoms with van der Waals surface area (Å²) in [5, 5.41) is 9.09. The van der Waals surface area contributed by atoms with Gasteiger partial charge in [-0.05, 0) is 12.8 Å². The van der Waals surface area contributed by atoms with Crippen molar-refractivity contribution in [1.29, 1.82) is 0 Å². The Labute approximate surface area is 255 Å². The van der Waals surface area contributed by atoms with Gasteiger partial charge < -0.3 is 39.6 Å². The molecule has 0 spiro atoms. The Balaban J connectivity index is 1.05. The van der Waals surface area contributed by atoms with E-state index in [1.165, 1.54) is 0 Å². The summed E-state index contributed by atoms with van der Waals surface area (Å²) < 4.78 is 91.7. The lowest BCUT2D eigenvalue weighted by Gasteiger charge is -2.16. The number of esters is 1. The van der Waals surface area contributed by atoms with E-state index in [1.807, 2.05) is 11.8 Å². The molecule has 3 N–H and O–H groups in total. The first-order valence-electron chi connectivity index (χ1n) is 14.2. The Kier molecular flexibility index (Phi) is 15.4. The third kappa shape index (κ3) is 11.3. The van der Waals surface area contributed by atoms with Crippen LogP contribution in [0, 0.1) is 29.1 Å². The highest BCUT2D eigenvalue weighted by Gasteiger charge is 2.42. The predicted octanol–water partition coefficient (Wildman–Crippen LogP) is 2.59. The van der Waals surface area contributed by atoms with Crippen molar-refractivity contribution in [3.63, 3.8) is 0 Å². The van der Waals surface area contributed by atoms with Crippen LogP contribution in [0.15, 0.2) is 0 Å². The van der Waals surface area contributed by atoms with Gasteiger partial charge in [0, 0.05) is 24.0 Å². The lowest BCUT2D eigenvalue weighted by molar-refractivity contribution is -0.136. The van der Waals surface area contributed by atoms with Crippen molar-refractivity contribution in [1.82, 2.24) is 16.0 Å². The highest BCUT2D eigenvalue weighted by atomic mass is 32.2. The van der Waals surface area contributed by atoms with Crippen molar-refractivity contribution in [3.8, 4) is 5.75 Å². The number of unbranched alkanes of at least 4 members (excludes halogenated alkanes) is 1. The molecule has 3 atom stereocenters. The SMILES string of the molecule is O=C(CCCC[C@@H]1SC[C@@H]2NC(=O)N[C@H]21)NCCOCCOCCOCCOCCC(=O)Oc1c(F)c(F)c(F)c(F)c1F. The molecule has 3 rings (SSSR count). The van der Waals surface area contributed by atoms with E-state index < -0.39 is 47.2 Å². The number of thioether (sulfide) groups is 1. The Hall–Kier alpha value is -2.73. The van der Waals surface area contributed by atoms with Gasteiger partial charge in [0.2, 0.25) is 40.7 Å². The lowest BCUT2D eigenvalue weighted by atomic mass is 10.0. The number of amides is 3. The molecule has 2 saturated heterocycles. The smallest absolute Gasteiger partial charge is 0.315 e. The molecule has 1 aromatic rings. The minimum Gasteiger partial charge on any atom is -0.420 e. The number of nitrogens with one attached hydrogen (secondary N) is 3. The number of urea groups is 1. The van der Waals surface area contributed by atoms with Crippen LogP contribution >= 0.6 is 11.8 Å². The summed E-state index contributed by atoms with van der Waals surface area (Å²) in [4.78, 5) is 35.0. The Morgan fingerprint density at radius 1 is 0.750 bits per heavy atom. The monoisotopic (exact) mass is 657 g/mol. The fourth-order valence-electron chi connectivity index (χ4n) is 4.38. The van der Waals surface area contributed by atoms with Gasteiger partial charge in [0.15, 0.2) is 0 Å². The zero-order valence-corrected chi connectivity index (χ0v) is 24.7. The van der Waals surface area contributed by atoms with Gasteiger partial charge in [-0.25, -0.2) is 18.0 Å². The summed E-state index contributed by atoms with van der Waals surface area (Å²) in [6, 6.07) is 0.295. The van der Waals surface area contributed by atoms with Crippen molar-refractivity contribution in [2.45, 2.75) is 49.4 Å². The maximum atomic E-state index is 13.5. The van der Waals surface area contributed by atoms with Gasteiger partial charge in [-0.2, -0.15) is 20.5 Å². The summed E-state index contributed by atoms with van der Waals surface area (Å²) in [6.07, 6.45) is 2.63. The lowest BCUT2D eigenvalue weighted by Crippen LogP contribution is -2.36. The molecule has 11 nitrogen and oxygen atoms in total. The molecule has 3 amide bonds. The Morgan fingerprint density at radius 2 is 1.32 bits per heavy atom. The molecule has 0 bridgehead atoms. The number of hydrogen-bond acceptors (Lipinski definition) is 9. The number of rotatable bonds is 21. The average molecular weight is 658 g/mol. The summed E-state index contributed by atoms with van der Waals surface area (Å²) in [5.41, 5.74) is 0. The first-order valence-corrected chi connectivity index (χ1v) is 15.2. The molecule has 0 aliphatic carbocycles. The quantitative estimate of drug-likeness (QED) is 0.0347. The van der Waals surface area contributed by atoms with Crippen LogP contribution in [0.25, 0.3) is 0 Å². The van der Waals surface area contributed by atoms with Gasteiger partial charge in [0.1, 0.15) is 0 Å². The van der Waals surface area contributed by atoms with Crippen LogP contribution in [0.3, 0.4) is 0 Å². The Bertz CT molecular complexity index is 1090. The van der Waals surface area contributed by atoms with Crippen LogP contribution in [-0.4, -0.2) is 100 Å².